The van der Waals surface area contributed by atoms with Crippen LogP contribution in [0.15, 0.2) is 46.4 Å². The zero-order valence-corrected chi connectivity index (χ0v) is 18.2. The number of ether oxygens (including phenoxy) is 2. The van der Waals surface area contributed by atoms with Crippen LogP contribution in [0.3, 0.4) is 0 Å². The highest BCUT2D eigenvalue weighted by Gasteiger charge is 2.26. The molecule has 0 aliphatic heterocycles. The molecule has 0 fully saturated rings. The molecule has 33 heavy (non-hydrogen) atoms. The van der Waals surface area contributed by atoms with E-state index in [0.717, 1.165) is 6.07 Å². The van der Waals surface area contributed by atoms with E-state index in [0.29, 0.717) is 17.3 Å². The van der Waals surface area contributed by atoms with E-state index in [9.17, 15) is 33.4 Å². The Morgan fingerprint density at radius 2 is 1.73 bits per heavy atom. The largest absolute Gasteiger partial charge is 0.475 e. The van der Waals surface area contributed by atoms with Gasteiger partial charge in [0, 0.05) is 6.07 Å². The minimum atomic E-state index is -3.88. The molecule has 0 atom stereocenters. The summed E-state index contributed by atoms with van der Waals surface area (Å²) in [6.07, 6.45) is 0. The van der Waals surface area contributed by atoms with Crippen molar-refractivity contribution in [3.05, 3.63) is 62.2 Å². The van der Waals surface area contributed by atoms with Gasteiger partial charge in [0.2, 0.25) is 10.0 Å². The number of carbonyl (C=O) groups excluding carboxylic acids is 1. The second kappa shape index (κ2) is 10.5. The van der Waals surface area contributed by atoms with Gasteiger partial charge in [-0.25, -0.2) is 18.4 Å². The Balaban J connectivity index is 2.38. The second-order valence-corrected chi connectivity index (χ2v) is 7.88. The minimum Gasteiger partial charge on any atom is -0.475 e. The van der Waals surface area contributed by atoms with Gasteiger partial charge in [-0.2, -0.15) is 5.10 Å². The van der Waals surface area contributed by atoms with E-state index in [4.69, 9.17) is 9.88 Å². The first-order valence-electron chi connectivity index (χ1n) is 9.12. The van der Waals surface area contributed by atoms with E-state index in [2.05, 4.69) is 15.3 Å². The van der Waals surface area contributed by atoms with Crippen LogP contribution < -0.4 is 15.3 Å². The zero-order chi connectivity index (χ0) is 24.8. The number of hydrazone groups is 1. The van der Waals surface area contributed by atoms with Crippen molar-refractivity contribution in [2.45, 2.75) is 18.7 Å². The third kappa shape index (κ3) is 6.68. The SMILES string of the molecule is CCOC(=O)COc1cc(N/N=C(/C)c2ccc(S(N)(=O)=O)cc2)c([N+](=O)[O-])cc1[N+](=O)[O-]. The molecule has 0 spiro atoms. The molecule has 0 unspecified atom stereocenters. The van der Waals surface area contributed by atoms with Crippen LogP contribution in [0.25, 0.3) is 0 Å². The molecule has 2 aromatic carbocycles. The van der Waals surface area contributed by atoms with Crippen molar-refractivity contribution in [1.82, 2.24) is 0 Å². The van der Waals surface area contributed by atoms with Crippen LogP contribution in [-0.2, 0) is 19.6 Å². The molecule has 0 aliphatic rings. The van der Waals surface area contributed by atoms with Gasteiger partial charge in [-0.05, 0) is 31.5 Å². The molecule has 3 N–H and O–H groups in total. The molecule has 15 heteroatoms. The van der Waals surface area contributed by atoms with Crippen molar-refractivity contribution in [3.63, 3.8) is 0 Å². The predicted molar refractivity (Wildman–Crippen MR) is 116 cm³/mol. The standard InChI is InChI=1S/C18H19N5O9S/c1-3-31-18(24)10-32-17-8-14(15(22(25)26)9-16(17)23(27)28)21-20-11(2)12-4-6-13(7-5-12)33(19,29)30/h4-9,21H,3,10H2,1-2H3,(H2,19,29,30)/b20-11-. The summed E-state index contributed by atoms with van der Waals surface area (Å²) < 4.78 is 32.5. The Morgan fingerprint density at radius 1 is 1.12 bits per heavy atom. The molecule has 0 radical (unpaired) electrons. The quantitative estimate of drug-likeness (QED) is 0.218. The molecular formula is C18H19N5O9S. The summed E-state index contributed by atoms with van der Waals surface area (Å²) in [4.78, 5) is 32.4. The number of nitrogens with two attached hydrogens (primary N) is 1. The highest BCUT2D eigenvalue weighted by molar-refractivity contribution is 7.89. The number of nitro benzene ring substituents is 2. The smallest absolute Gasteiger partial charge is 0.344 e. The van der Waals surface area contributed by atoms with E-state index in [1.54, 1.807) is 6.92 Å². The fourth-order valence-electron chi connectivity index (χ4n) is 2.49. The van der Waals surface area contributed by atoms with Crippen molar-refractivity contribution in [3.8, 4) is 5.75 Å². The van der Waals surface area contributed by atoms with Gasteiger partial charge in [0.25, 0.3) is 0 Å². The molecule has 0 aliphatic carbocycles. The molecule has 14 nitrogen and oxygen atoms in total. The Morgan fingerprint density at radius 3 is 2.24 bits per heavy atom. The van der Waals surface area contributed by atoms with Gasteiger partial charge >= 0.3 is 17.3 Å². The predicted octanol–water partition coefficient (Wildman–Crippen LogP) is 1.93. The van der Waals surface area contributed by atoms with Crippen molar-refractivity contribution < 1.29 is 32.5 Å². The first kappa shape index (κ1) is 25.2. The van der Waals surface area contributed by atoms with Crippen LogP contribution >= 0.6 is 0 Å². The number of benzene rings is 2. The maximum Gasteiger partial charge on any atom is 0.344 e. The Labute approximate surface area is 187 Å². The monoisotopic (exact) mass is 481 g/mol. The lowest BCUT2D eigenvalue weighted by Gasteiger charge is -2.10. The summed E-state index contributed by atoms with van der Waals surface area (Å²) >= 11 is 0. The highest BCUT2D eigenvalue weighted by Crippen LogP contribution is 2.37. The summed E-state index contributed by atoms with van der Waals surface area (Å²) in [7, 11) is -3.88. The fraction of sp³-hybridized carbons (Fsp3) is 0.222. The van der Waals surface area contributed by atoms with Crippen LogP contribution in [0.5, 0.6) is 5.75 Å². The van der Waals surface area contributed by atoms with Crippen LogP contribution in [-0.4, -0.2) is 43.2 Å². The summed E-state index contributed by atoms with van der Waals surface area (Å²) in [5.74, 6) is -1.19. The molecule has 2 aromatic rings. The van der Waals surface area contributed by atoms with Crippen molar-refractivity contribution in [2.75, 3.05) is 18.6 Å². The number of nitrogens with zero attached hydrogens (tertiary/aromatic N) is 3. The molecule has 0 bridgehead atoms. The summed E-state index contributed by atoms with van der Waals surface area (Å²) in [5, 5.41) is 31.8. The number of rotatable bonds is 10. The van der Waals surface area contributed by atoms with Crippen LogP contribution in [0.4, 0.5) is 17.1 Å². The van der Waals surface area contributed by atoms with E-state index in [1.807, 2.05) is 0 Å². The van der Waals surface area contributed by atoms with Crippen LogP contribution in [0, 0.1) is 20.2 Å². The molecular weight excluding hydrogens is 462 g/mol. The number of hydrogen-bond donors (Lipinski definition) is 2. The van der Waals surface area contributed by atoms with Gasteiger partial charge in [-0.15, -0.1) is 0 Å². The summed E-state index contributed by atoms with van der Waals surface area (Å²) in [6, 6.07) is 7.03. The lowest BCUT2D eigenvalue weighted by molar-refractivity contribution is -0.394. The number of carbonyl (C=O) groups is 1. The van der Waals surface area contributed by atoms with Gasteiger partial charge < -0.3 is 9.47 Å². The number of hydrogen-bond acceptors (Lipinski definition) is 11. The average molecular weight is 481 g/mol. The van der Waals surface area contributed by atoms with E-state index in [-0.39, 0.29) is 17.2 Å². The van der Waals surface area contributed by atoms with E-state index < -0.39 is 49.6 Å². The molecule has 0 saturated heterocycles. The number of anilines is 1. The molecule has 0 heterocycles. The third-order valence-electron chi connectivity index (χ3n) is 4.07. The normalized spacial score (nSPS) is 11.5. The Hall–Kier alpha value is -4.11. The van der Waals surface area contributed by atoms with Crippen LogP contribution in [0.1, 0.15) is 19.4 Å². The second-order valence-electron chi connectivity index (χ2n) is 6.32. The molecule has 176 valence electrons. The molecule has 0 amide bonds. The average Bonchev–Trinajstić information content (AvgIpc) is 2.75. The van der Waals surface area contributed by atoms with Crippen LogP contribution in [0.2, 0.25) is 0 Å². The lowest BCUT2D eigenvalue weighted by Crippen LogP contribution is -2.15. The Bertz CT molecular complexity index is 1210. The first-order chi connectivity index (χ1) is 15.4. The van der Waals surface area contributed by atoms with E-state index >= 15 is 0 Å². The lowest BCUT2D eigenvalue weighted by atomic mass is 10.1. The van der Waals surface area contributed by atoms with Gasteiger partial charge in [0.05, 0.1) is 27.1 Å². The summed E-state index contributed by atoms with van der Waals surface area (Å²) in [6.45, 7) is 2.53. The maximum atomic E-state index is 11.5. The first-order valence-corrected chi connectivity index (χ1v) is 10.7. The molecule has 2 rings (SSSR count). The number of nitrogens with one attached hydrogen (secondary N) is 1. The van der Waals surface area contributed by atoms with Gasteiger partial charge in [0.15, 0.2) is 12.4 Å². The molecule has 0 saturated carbocycles. The van der Waals surface area contributed by atoms with Gasteiger partial charge in [-0.3, -0.25) is 25.7 Å². The molecule has 0 aromatic heterocycles. The minimum absolute atomic E-state index is 0.0730. The summed E-state index contributed by atoms with van der Waals surface area (Å²) in [5.41, 5.74) is 1.58. The number of primary sulfonamides is 1. The van der Waals surface area contributed by atoms with Crippen molar-refractivity contribution in [1.29, 1.82) is 0 Å². The number of sulfonamides is 1. The third-order valence-corrected chi connectivity index (χ3v) is 5.00. The fourth-order valence-corrected chi connectivity index (χ4v) is 3.01. The zero-order valence-electron chi connectivity index (χ0n) is 17.4. The van der Waals surface area contributed by atoms with E-state index in [1.165, 1.54) is 31.2 Å². The number of esters is 1. The number of nitro groups is 2. The van der Waals surface area contributed by atoms with Crippen molar-refractivity contribution >= 4 is 38.8 Å². The van der Waals surface area contributed by atoms with Crippen molar-refractivity contribution in [2.24, 2.45) is 10.2 Å². The topological polar surface area (TPSA) is 206 Å². The van der Waals surface area contributed by atoms with Gasteiger partial charge in [-0.1, -0.05) is 12.1 Å². The highest BCUT2D eigenvalue weighted by atomic mass is 32.2. The van der Waals surface area contributed by atoms with Gasteiger partial charge in [0.1, 0.15) is 11.8 Å². The maximum absolute atomic E-state index is 11.5. The Kier molecular flexibility index (Phi) is 7.98.